The van der Waals surface area contributed by atoms with Crippen LogP contribution in [-0.2, 0) is 4.74 Å². The highest BCUT2D eigenvalue weighted by atomic mass is 16.5. The van der Waals surface area contributed by atoms with Gasteiger partial charge in [-0.3, -0.25) is 4.90 Å². The molecule has 0 aromatic carbocycles. The third kappa shape index (κ3) is 2.22. The number of nitrogens with zero attached hydrogens (tertiary/aromatic N) is 1. The molecule has 0 radical (unpaired) electrons. The van der Waals surface area contributed by atoms with E-state index in [2.05, 4.69) is 17.1 Å². The number of ether oxygens (including phenoxy) is 1. The van der Waals surface area contributed by atoms with Gasteiger partial charge in [-0.25, -0.2) is 0 Å². The highest BCUT2D eigenvalue weighted by Crippen LogP contribution is 2.17. The molecule has 0 spiro atoms. The Kier molecular flexibility index (Phi) is 3.19. The van der Waals surface area contributed by atoms with Gasteiger partial charge in [0.2, 0.25) is 0 Å². The smallest absolute Gasteiger partial charge is 0.0855 e. The highest BCUT2D eigenvalue weighted by Gasteiger charge is 2.32. The second kappa shape index (κ2) is 4.40. The summed E-state index contributed by atoms with van der Waals surface area (Å²) in [5.74, 6) is 0. The molecule has 3 nitrogen and oxygen atoms in total. The maximum absolute atomic E-state index is 5.75. The van der Waals surface area contributed by atoms with Crippen molar-refractivity contribution >= 4 is 0 Å². The van der Waals surface area contributed by atoms with E-state index in [0.717, 1.165) is 26.2 Å². The molecule has 2 fully saturated rings. The lowest BCUT2D eigenvalue weighted by molar-refractivity contribution is -0.0718. The largest absolute Gasteiger partial charge is 0.374 e. The molecule has 2 aliphatic rings. The van der Waals surface area contributed by atoms with E-state index < -0.39 is 0 Å². The van der Waals surface area contributed by atoms with Crippen LogP contribution in [0.2, 0.25) is 0 Å². The first-order chi connectivity index (χ1) is 6.40. The number of morpholine rings is 1. The molecule has 2 heterocycles. The Morgan fingerprint density at radius 1 is 1.46 bits per heavy atom. The average Bonchev–Trinajstić information content (AvgIpc) is 2.18. The molecule has 0 aromatic heterocycles. The molecule has 3 atom stereocenters. The van der Waals surface area contributed by atoms with Crippen LogP contribution in [0.5, 0.6) is 0 Å². The van der Waals surface area contributed by atoms with Crippen LogP contribution in [0, 0.1) is 0 Å². The fourth-order valence-corrected chi connectivity index (χ4v) is 2.25. The van der Waals surface area contributed by atoms with E-state index in [0.29, 0.717) is 12.1 Å². The topological polar surface area (TPSA) is 24.5 Å². The highest BCUT2D eigenvalue weighted by molar-refractivity contribution is 4.88. The van der Waals surface area contributed by atoms with E-state index in [9.17, 15) is 0 Å². The van der Waals surface area contributed by atoms with E-state index in [1.54, 1.807) is 0 Å². The summed E-state index contributed by atoms with van der Waals surface area (Å²) in [6.45, 7) is 7.79. The van der Waals surface area contributed by atoms with Crippen LogP contribution < -0.4 is 5.32 Å². The molecule has 1 unspecified atom stereocenters. The summed E-state index contributed by atoms with van der Waals surface area (Å²) in [4.78, 5) is 2.51. The minimum Gasteiger partial charge on any atom is -0.374 e. The van der Waals surface area contributed by atoms with Crippen LogP contribution in [0.15, 0.2) is 0 Å². The number of rotatable bonds is 3. The minimum atomic E-state index is 0.453. The van der Waals surface area contributed by atoms with Crippen LogP contribution in [0.25, 0.3) is 0 Å². The van der Waals surface area contributed by atoms with Crippen molar-refractivity contribution in [1.82, 2.24) is 10.2 Å². The van der Waals surface area contributed by atoms with Crippen molar-refractivity contribution in [2.24, 2.45) is 0 Å². The van der Waals surface area contributed by atoms with E-state index >= 15 is 0 Å². The van der Waals surface area contributed by atoms with Crippen LogP contribution in [0.1, 0.15) is 19.8 Å². The minimum absolute atomic E-state index is 0.453. The Labute approximate surface area is 80.4 Å². The second-order valence-corrected chi connectivity index (χ2v) is 4.06. The Balaban J connectivity index is 1.83. The molecular weight excluding hydrogens is 164 g/mol. The van der Waals surface area contributed by atoms with Crippen LogP contribution in [0.3, 0.4) is 0 Å². The summed E-state index contributed by atoms with van der Waals surface area (Å²) in [6, 6.07) is 0.608. The lowest BCUT2D eigenvalue weighted by Gasteiger charge is -2.42. The van der Waals surface area contributed by atoms with Crippen molar-refractivity contribution in [3.63, 3.8) is 0 Å². The molecule has 76 valence electrons. The van der Waals surface area contributed by atoms with Gasteiger partial charge < -0.3 is 10.1 Å². The summed E-state index contributed by atoms with van der Waals surface area (Å²) >= 11 is 0. The quantitative estimate of drug-likeness (QED) is 0.689. The molecule has 1 N–H and O–H groups in total. The normalized spacial score (nSPS) is 39.0. The zero-order valence-electron chi connectivity index (χ0n) is 8.46. The van der Waals surface area contributed by atoms with E-state index in [1.165, 1.54) is 19.4 Å². The Morgan fingerprint density at radius 2 is 2.38 bits per heavy atom. The first kappa shape index (κ1) is 9.44. The second-order valence-electron chi connectivity index (χ2n) is 4.06. The van der Waals surface area contributed by atoms with Gasteiger partial charge in [0.05, 0.1) is 12.7 Å². The lowest BCUT2D eigenvalue weighted by Crippen LogP contribution is -2.57. The molecule has 2 rings (SSSR count). The summed E-state index contributed by atoms with van der Waals surface area (Å²) in [7, 11) is 0. The maximum Gasteiger partial charge on any atom is 0.0855 e. The summed E-state index contributed by atoms with van der Waals surface area (Å²) < 4.78 is 5.75. The summed E-state index contributed by atoms with van der Waals surface area (Å²) in [5.41, 5.74) is 0. The molecule has 13 heavy (non-hydrogen) atoms. The Bertz CT molecular complexity index is 161. The molecule has 0 amide bonds. The van der Waals surface area contributed by atoms with E-state index in [1.807, 2.05) is 0 Å². The maximum atomic E-state index is 5.75. The summed E-state index contributed by atoms with van der Waals surface area (Å²) in [6.07, 6.45) is 2.92. The van der Waals surface area contributed by atoms with Crippen molar-refractivity contribution in [3.8, 4) is 0 Å². The monoisotopic (exact) mass is 184 g/mol. The number of fused-ring (bicyclic) bond motifs is 2. The van der Waals surface area contributed by atoms with Gasteiger partial charge in [-0.05, 0) is 25.9 Å². The van der Waals surface area contributed by atoms with E-state index in [-0.39, 0.29) is 0 Å². The lowest BCUT2D eigenvalue weighted by atomic mass is 10.0. The van der Waals surface area contributed by atoms with Crippen molar-refractivity contribution in [1.29, 1.82) is 0 Å². The van der Waals surface area contributed by atoms with Gasteiger partial charge in [-0.1, -0.05) is 6.92 Å². The average molecular weight is 184 g/mol. The first-order valence-electron chi connectivity index (χ1n) is 5.47. The fraction of sp³-hybridized carbons (Fsp3) is 1.00. The molecule has 0 aliphatic carbocycles. The van der Waals surface area contributed by atoms with Crippen LogP contribution in [0.4, 0.5) is 0 Å². The van der Waals surface area contributed by atoms with Crippen LogP contribution in [-0.4, -0.2) is 49.8 Å². The summed E-state index contributed by atoms with van der Waals surface area (Å²) in [5, 5.41) is 3.58. The van der Waals surface area contributed by atoms with Crippen molar-refractivity contribution in [2.45, 2.75) is 31.9 Å². The van der Waals surface area contributed by atoms with Gasteiger partial charge in [-0.2, -0.15) is 0 Å². The Morgan fingerprint density at radius 3 is 3.23 bits per heavy atom. The molecular formula is C10H20N2O. The van der Waals surface area contributed by atoms with Gasteiger partial charge in [-0.15, -0.1) is 0 Å². The first-order valence-corrected chi connectivity index (χ1v) is 5.47. The van der Waals surface area contributed by atoms with E-state index in [4.69, 9.17) is 4.74 Å². The molecule has 2 bridgehead atoms. The SMILES string of the molecule is CCCN[C@@H]1CCN2CCO[C@H]1C2. The van der Waals surface area contributed by atoms with Gasteiger partial charge in [0.25, 0.3) is 0 Å². The van der Waals surface area contributed by atoms with Crippen molar-refractivity contribution in [2.75, 3.05) is 32.8 Å². The number of hydrogen-bond acceptors (Lipinski definition) is 3. The van der Waals surface area contributed by atoms with Gasteiger partial charge in [0.1, 0.15) is 0 Å². The zero-order valence-corrected chi connectivity index (χ0v) is 8.46. The number of nitrogens with one attached hydrogen (secondary N) is 1. The molecule has 3 heteroatoms. The predicted octanol–water partition coefficient (Wildman–Crippen LogP) is 0.459. The third-order valence-corrected chi connectivity index (χ3v) is 3.04. The van der Waals surface area contributed by atoms with Crippen molar-refractivity contribution < 1.29 is 4.74 Å². The van der Waals surface area contributed by atoms with Crippen molar-refractivity contribution in [3.05, 3.63) is 0 Å². The third-order valence-electron chi connectivity index (χ3n) is 3.04. The van der Waals surface area contributed by atoms with Gasteiger partial charge in [0.15, 0.2) is 0 Å². The molecule has 2 saturated heterocycles. The Hall–Kier alpha value is -0.120. The van der Waals surface area contributed by atoms with Crippen LogP contribution >= 0.6 is 0 Å². The van der Waals surface area contributed by atoms with Gasteiger partial charge >= 0.3 is 0 Å². The van der Waals surface area contributed by atoms with Gasteiger partial charge in [0, 0.05) is 19.1 Å². The zero-order chi connectivity index (χ0) is 9.10. The molecule has 0 aromatic rings. The fourth-order valence-electron chi connectivity index (χ4n) is 2.25. The molecule has 2 aliphatic heterocycles. The predicted molar refractivity (Wildman–Crippen MR) is 52.9 cm³/mol. The standard InChI is InChI=1S/C10H20N2O/c1-2-4-11-9-3-5-12-6-7-13-10(9)8-12/h9-11H,2-8H2,1H3/t9-,10+/m1/s1. The number of hydrogen-bond donors (Lipinski definition) is 1. The number of piperidine rings is 1. The molecule has 0 saturated carbocycles.